The van der Waals surface area contributed by atoms with Crippen LogP contribution in [0.4, 0.5) is 0 Å². The van der Waals surface area contributed by atoms with Gasteiger partial charge in [-0.15, -0.1) is 11.3 Å². The SMILES string of the molecule is O=C([O-])C1(NS(=O)(=O)c2ccc(-c3cccs3)cc2)CC1c1ccccc1. The zero-order valence-corrected chi connectivity index (χ0v) is 15.8. The molecule has 1 heterocycles. The largest absolute Gasteiger partial charge is 0.548 e. The average Bonchev–Trinajstić information content (AvgIpc) is 3.13. The monoisotopic (exact) mass is 398 g/mol. The maximum atomic E-state index is 12.8. The van der Waals surface area contributed by atoms with E-state index in [2.05, 4.69) is 4.72 Å². The van der Waals surface area contributed by atoms with Gasteiger partial charge < -0.3 is 9.90 Å². The number of nitrogens with one attached hydrogen (secondary N) is 1. The van der Waals surface area contributed by atoms with E-state index in [-0.39, 0.29) is 11.3 Å². The van der Waals surface area contributed by atoms with Crippen molar-refractivity contribution < 1.29 is 18.3 Å². The number of hydrogen-bond donors (Lipinski definition) is 1. The number of carbonyl (C=O) groups excluding carboxylic acids is 1. The van der Waals surface area contributed by atoms with Crippen molar-refractivity contribution in [2.24, 2.45) is 0 Å². The van der Waals surface area contributed by atoms with Crippen LogP contribution in [-0.4, -0.2) is 19.9 Å². The van der Waals surface area contributed by atoms with E-state index in [9.17, 15) is 18.3 Å². The van der Waals surface area contributed by atoms with Crippen molar-refractivity contribution in [3.8, 4) is 10.4 Å². The summed E-state index contributed by atoms with van der Waals surface area (Å²) in [6.07, 6.45) is 0.172. The maximum Gasteiger partial charge on any atom is 0.241 e. The first-order valence-corrected chi connectivity index (χ1v) is 10.7. The number of carboxylic acid groups (broad SMARTS) is 1. The maximum absolute atomic E-state index is 12.8. The minimum Gasteiger partial charge on any atom is -0.548 e. The van der Waals surface area contributed by atoms with Gasteiger partial charge in [-0.2, -0.15) is 4.72 Å². The van der Waals surface area contributed by atoms with Crippen LogP contribution in [0.3, 0.4) is 0 Å². The first-order chi connectivity index (χ1) is 12.9. The number of carboxylic acids is 1. The van der Waals surface area contributed by atoms with Crippen molar-refractivity contribution in [1.82, 2.24) is 4.72 Å². The van der Waals surface area contributed by atoms with Crippen LogP contribution in [0.1, 0.15) is 17.9 Å². The van der Waals surface area contributed by atoms with Gasteiger partial charge in [-0.3, -0.25) is 0 Å². The summed E-state index contributed by atoms with van der Waals surface area (Å²) in [5.41, 5.74) is 0.0803. The molecule has 0 saturated heterocycles. The van der Waals surface area contributed by atoms with Crippen molar-refractivity contribution in [3.05, 3.63) is 77.7 Å². The van der Waals surface area contributed by atoms with Gasteiger partial charge in [-0.1, -0.05) is 48.5 Å². The van der Waals surface area contributed by atoms with E-state index in [4.69, 9.17) is 0 Å². The molecule has 1 aromatic heterocycles. The summed E-state index contributed by atoms with van der Waals surface area (Å²) in [4.78, 5) is 12.8. The molecule has 5 nitrogen and oxygen atoms in total. The van der Waals surface area contributed by atoms with E-state index in [0.29, 0.717) is 0 Å². The second-order valence-electron chi connectivity index (χ2n) is 6.53. The Morgan fingerprint density at radius 3 is 2.33 bits per heavy atom. The van der Waals surface area contributed by atoms with Gasteiger partial charge in [0, 0.05) is 10.8 Å². The molecule has 0 amide bonds. The van der Waals surface area contributed by atoms with Gasteiger partial charge in [0.1, 0.15) is 0 Å². The van der Waals surface area contributed by atoms with E-state index in [1.54, 1.807) is 47.7 Å². The highest BCUT2D eigenvalue weighted by atomic mass is 32.2. The molecule has 1 saturated carbocycles. The third-order valence-corrected chi connectivity index (χ3v) is 7.26. The lowest BCUT2D eigenvalue weighted by Crippen LogP contribution is -2.51. The number of aliphatic carboxylic acids is 1. The zero-order valence-electron chi connectivity index (χ0n) is 14.2. The molecule has 0 radical (unpaired) electrons. The summed E-state index contributed by atoms with van der Waals surface area (Å²) in [5, 5.41) is 13.7. The van der Waals surface area contributed by atoms with Crippen LogP contribution in [-0.2, 0) is 14.8 Å². The lowest BCUT2D eigenvalue weighted by molar-refractivity contribution is -0.309. The van der Waals surface area contributed by atoms with Gasteiger partial charge in [0.05, 0.1) is 16.4 Å². The third kappa shape index (κ3) is 3.29. The van der Waals surface area contributed by atoms with Crippen LogP contribution in [0.15, 0.2) is 77.0 Å². The quantitative estimate of drug-likeness (QED) is 0.691. The summed E-state index contributed by atoms with van der Waals surface area (Å²) in [5.74, 6) is -1.85. The van der Waals surface area contributed by atoms with Crippen LogP contribution in [0, 0.1) is 0 Å². The van der Waals surface area contributed by atoms with E-state index in [1.165, 1.54) is 12.1 Å². The van der Waals surface area contributed by atoms with Crippen molar-refractivity contribution >= 4 is 27.3 Å². The summed E-state index contributed by atoms with van der Waals surface area (Å²) in [6, 6.07) is 19.3. The smallest absolute Gasteiger partial charge is 0.241 e. The number of carbonyl (C=O) groups is 1. The van der Waals surface area contributed by atoms with Gasteiger partial charge in [0.2, 0.25) is 10.0 Å². The van der Waals surface area contributed by atoms with Crippen LogP contribution in [0.25, 0.3) is 10.4 Å². The van der Waals surface area contributed by atoms with Crippen molar-refractivity contribution in [2.45, 2.75) is 22.8 Å². The van der Waals surface area contributed by atoms with Crippen LogP contribution in [0.5, 0.6) is 0 Å². The first-order valence-electron chi connectivity index (χ1n) is 8.37. The second-order valence-corrected chi connectivity index (χ2v) is 9.16. The average molecular weight is 398 g/mol. The van der Waals surface area contributed by atoms with Gasteiger partial charge in [-0.05, 0) is 41.1 Å². The number of thiophene rings is 1. The molecular formula is C20H16NO4S2-. The minimum atomic E-state index is -3.99. The number of benzene rings is 2. The molecule has 2 aromatic carbocycles. The fraction of sp³-hybridized carbons (Fsp3) is 0.150. The molecule has 1 aliphatic rings. The summed E-state index contributed by atoms with van der Waals surface area (Å²) in [6.45, 7) is 0. The molecule has 2 atom stereocenters. The highest BCUT2D eigenvalue weighted by Crippen LogP contribution is 2.51. The zero-order chi connectivity index (χ0) is 19.1. The molecule has 138 valence electrons. The molecule has 4 rings (SSSR count). The molecule has 1 N–H and O–H groups in total. The Bertz CT molecular complexity index is 1060. The number of hydrogen-bond acceptors (Lipinski definition) is 5. The fourth-order valence-electron chi connectivity index (χ4n) is 3.27. The van der Waals surface area contributed by atoms with Crippen LogP contribution >= 0.6 is 11.3 Å². The van der Waals surface area contributed by atoms with Crippen LogP contribution < -0.4 is 9.83 Å². The summed E-state index contributed by atoms with van der Waals surface area (Å²) >= 11 is 1.56. The lowest BCUT2D eigenvalue weighted by Gasteiger charge is -2.21. The standard InChI is InChI=1S/C20H17NO4S2/c22-19(23)20(13-17(20)14-5-2-1-3-6-14)21-27(24,25)16-10-8-15(9-11-16)18-7-4-12-26-18/h1-12,17,21H,13H2,(H,22,23)/p-1. The molecule has 7 heteroatoms. The fourth-order valence-corrected chi connectivity index (χ4v) is 5.40. The summed E-state index contributed by atoms with van der Waals surface area (Å²) < 4.78 is 27.9. The molecule has 3 aromatic rings. The lowest BCUT2D eigenvalue weighted by atomic mass is 10.1. The molecule has 1 fully saturated rings. The van der Waals surface area contributed by atoms with Gasteiger partial charge in [0.15, 0.2) is 0 Å². The number of rotatable bonds is 6. The molecule has 0 aliphatic heterocycles. The van der Waals surface area contributed by atoms with Gasteiger partial charge >= 0.3 is 0 Å². The van der Waals surface area contributed by atoms with E-state index in [1.807, 2.05) is 23.6 Å². The van der Waals surface area contributed by atoms with Crippen molar-refractivity contribution in [2.75, 3.05) is 0 Å². The first kappa shape index (κ1) is 17.9. The molecule has 2 unspecified atom stereocenters. The molecule has 27 heavy (non-hydrogen) atoms. The Kier molecular flexibility index (Phi) is 4.38. The molecular weight excluding hydrogens is 382 g/mol. The van der Waals surface area contributed by atoms with E-state index in [0.717, 1.165) is 16.0 Å². The summed E-state index contributed by atoms with van der Waals surface area (Å²) in [7, 11) is -3.99. The van der Waals surface area contributed by atoms with E-state index >= 15 is 0 Å². The Balaban J connectivity index is 1.59. The van der Waals surface area contributed by atoms with Crippen LogP contribution in [0.2, 0.25) is 0 Å². The highest BCUT2D eigenvalue weighted by Gasteiger charge is 2.58. The van der Waals surface area contributed by atoms with Gasteiger partial charge in [-0.25, -0.2) is 8.42 Å². The normalized spacial score (nSPS) is 21.7. The minimum absolute atomic E-state index is 0.0298. The third-order valence-electron chi connectivity index (χ3n) is 4.81. The Labute approximate surface area is 161 Å². The van der Waals surface area contributed by atoms with Crippen molar-refractivity contribution in [1.29, 1.82) is 0 Å². The van der Waals surface area contributed by atoms with Crippen molar-refractivity contribution in [3.63, 3.8) is 0 Å². The van der Waals surface area contributed by atoms with Gasteiger partial charge in [0.25, 0.3) is 0 Å². The molecule has 0 spiro atoms. The Morgan fingerprint density at radius 1 is 1.04 bits per heavy atom. The highest BCUT2D eigenvalue weighted by molar-refractivity contribution is 7.89. The topological polar surface area (TPSA) is 86.3 Å². The number of sulfonamides is 1. The predicted octanol–water partition coefficient (Wildman–Crippen LogP) is 2.37. The molecule has 0 bridgehead atoms. The Morgan fingerprint density at radius 2 is 1.74 bits per heavy atom. The van der Waals surface area contributed by atoms with E-state index < -0.39 is 27.4 Å². The Hall–Kier alpha value is -2.48. The second kappa shape index (κ2) is 6.60. The predicted molar refractivity (Wildman–Crippen MR) is 102 cm³/mol. The molecule has 1 aliphatic carbocycles.